The van der Waals surface area contributed by atoms with Crippen LogP contribution < -0.4 is 5.32 Å². The Bertz CT molecular complexity index is 1260. The van der Waals surface area contributed by atoms with Crippen molar-refractivity contribution in [1.29, 1.82) is 0 Å². The fourth-order valence-corrected chi connectivity index (χ4v) is 5.03. The van der Waals surface area contributed by atoms with Gasteiger partial charge in [-0.15, -0.1) is 0 Å². The Hall–Kier alpha value is -3.93. The van der Waals surface area contributed by atoms with Crippen LogP contribution in [0.4, 0.5) is 0 Å². The molecular formula is C40H62N3O3+. The van der Waals surface area contributed by atoms with E-state index in [4.69, 9.17) is 9.84 Å². The van der Waals surface area contributed by atoms with E-state index < -0.39 is 5.97 Å². The van der Waals surface area contributed by atoms with Gasteiger partial charge in [-0.2, -0.15) is 0 Å². The first-order chi connectivity index (χ1) is 22.1. The smallest absolute Gasteiger partial charge is 0.306 e. The number of nitrogens with zero attached hydrogens (tertiary/aromatic N) is 2. The Morgan fingerprint density at radius 2 is 1.76 bits per heavy atom. The fraction of sp³-hybridized carbons (Fsp3) is 0.475. The second-order valence-electron chi connectivity index (χ2n) is 11.1. The molecule has 0 aromatic heterocycles. The molecule has 0 radical (unpaired) electrons. The number of ether oxygens (including phenoxy) is 1. The molecule has 1 aliphatic carbocycles. The minimum Gasteiger partial charge on any atom is -0.497 e. The molecular weight excluding hydrogens is 570 g/mol. The molecule has 0 unspecified atom stereocenters. The lowest BCUT2D eigenvalue weighted by atomic mass is 9.90. The van der Waals surface area contributed by atoms with E-state index in [-0.39, 0.29) is 5.92 Å². The summed E-state index contributed by atoms with van der Waals surface area (Å²) in [7, 11) is 3.84. The predicted octanol–water partition coefficient (Wildman–Crippen LogP) is 9.68. The Labute approximate surface area is 280 Å². The minimum absolute atomic E-state index is 0.0289. The standard InChI is InChI=1S/C31H44N3O.C7H12O2.C2H6/c1-10-14-26(7)30(35-9)17-16-25(6)29-23-34(8)21-19-28(29)22-33-31(13-4)32-20-18-24(5)27(12-3)15-11-2;8-7(9)6-4-2-1-3-5-6;1-2/h11-18,20,23,33H,2-3,10,19,21-22H2,1,4-9H3;6H,1-5H2,(H,8,9);1-2H3/q+1;;/b24-18+,25-16+,26-14+,27-15+,30-17+,31-13-,32-20-;;. The van der Waals surface area contributed by atoms with Crippen LogP contribution in [0, 0.1) is 5.92 Å². The van der Waals surface area contributed by atoms with Crippen LogP contribution in [0.2, 0.25) is 0 Å². The highest BCUT2D eigenvalue weighted by molar-refractivity contribution is 5.83. The third-order valence-electron chi connectivity index (χ3n) is 7.75. The van der Waals surface area contributed by atoms with E-state index >= 15 is 0 Å². The highest BCUT2D eigenvalue weighted by Crippen LogP contribution is 2.23. The minimum atomic E-state index is -0.602. The highest BCUT2D eigenvalue weighted by atomic mass is 16.5. The first-order valence-electron chi connectivity index (χ1n) is 16.8. The monoisotopic (exact) mass is 632 g/mol. The van der Waals surface area contributed by atoms with Gasteiger partial charge < -0.3 is 15.2 Å². The van der Waals surface area contributed by atoms with Gasteiger partial charge in [0.05, 0.1) is 13.0 Å². The van der Waals surface area contributed by atoms with Crippen molar-refractivity contribution >= 4 is 18.4 Å². The molecule has 46 heavy (non-hydrogen) atoms. The number of carboxylic acids is 1. The maximum atomic E-state index is 10.4. The van der Waals surface area contributed by atoms with Crippen molar-refractivity contribution in [3.63, 3.8) is 0 Å². The Morgan fingerprint density at radius 1 is 1.09 bits per heavy atom. The van der Waals surface area contributed by atoms with E-state index in [1.807, 2.05) is 58.2 Å². The molecule has 0 bridgehead atoms. The van der Waals surface area contributed by atoms with Gasteiger partial charge in [0.25, 0.3) is 0 Å². The summed E-state index contributed by atoms with van der Waals surface area (Å²) in [6, 6.07) is 0. The summed E-state index contributed by atoms with van der Waals surface area (Å²) >= 11 is 0. The number of aliphatic imine (C=N–C) groups is 1. The van der Waals surface area contributed by atoms with Crippen molar-refractivity contribution in [1.82, 2.24) is 5.32 Å². The van der Waals surface area contributed by atoms with Gasteiger partial charge in [-0.05, 0) is 93.1 Å². The second-order valence-corrected chi connectivity index (χ2v) is 11.1. The quantitative estimate of drug-likeness (QED) is 0.0865. The van der Waals surface area contributed by atoms with Crippen LogP contribution in [0.1, 0.15) is 93.4 Å². The topological polar surface area (TPSA) is 73.9 Å². The van der Waals surface area contributed by atoms with Gasteiger partial charge in [0.15, 0.2) is 6.21 Å². The Morgan fingerprint density at radius 3 is 2.28 bits per heavy atom. The van der Waals surface area contributed by atoms with Gasteiger partial charge in [-0.25, -0.2) is 9.57 Å². The summed E-state index contributed by atoms with van der Waals surface area (Å²) in [5, 5.41) is 12.0. The van der Waals surface area contributed by atoms with Crippen LogP contribution >= 0.6 is 0 Å². The molecule has 0 aromatic carbocycles. The maximum Gasteiger partial charge on any atom is 0.306 e. The molecule has 2 rings (SSSR count). The largest absolute Gasteiger partial charge is 0.497 e. The summed E-state index contributed by atoms with van der Waals surface area (Å²) in [5.74, 6) is 1.11. The molecule has 2 N–H and O–H groups in total. The zero-order chi connectivity index (χ0) is 34.9. The van der Waals surface area contributed by atoms with Crippen LogP contribution in [0.25, 0.3) is 0 Å². The molecule has 1 aliphatic heterocycles. The van der Waals surface area contributed by atoms with Crippen LogP contribution in [0.3, 0.4) is 0 Å². The molecule has 1 heterocycles. The molecule has 6 heteroatoms. The SMILES string of the molecule is C=C/C=C(C=C)/C(C)=C/C=N\C(=C\C)NCC1=C(/C(C)=C/C=C(OC)\C(C)=C\CC)C=[N+](C)CC1.CC.O=C(O)C1CCCCC1. The predicted molar refractivity (Wildman–Crippen MR) is 200 cm³/mol. The van der Waals surface area contributed by atoms with Crippen LogP contribution in [-0.2, 0) is 9.53 Å². The van der Waals surface area contributed by atoms with Gasteiger partial charge in [-0.1, -0.05) is 83.6 Å². The Kier molecular flexibility index (Phi) is 23.1. The normalized spacial score (nSPS) is 17.4. The number of hydrogen-bond donors (Lipinski definition) is 2. The second kappa shape index (κ2) is 25.3. The zero-order valence-electron chi connectivity index (χ0n) is 30.3. The van der Waals surface area contributed by atoms with Gasteiger partial charge in [-0.3, -0.25) is 4.79 Å². The van der Waals surface area contributed by atoms with Gasteiger partial charge >= 0.3 is 5.97 Å². The van der Waals surface area contributed by atoms with Gasteiger partial charge in [0.1, 0.15) is 25.2 Å². The number of methoxy groups -OCH3 is 1. The number of aliphatic carboxylic acids is 1. The van der Waals surface area contributed by atoms with Crippen LogP contribution in [0.15, 0.2) is 112 Å². The summed E-state index contributed by atoms with van der Waals surface area (Å²) in [4.78, 5) is 15.0. The number of rotatable bonds is 14. The lowest BCUT2D eigenvalue weighted by Gasteiger charge is -2.17. The molecule has 1 fully saturated rings. The molecule has 0 spiro atoms. The molecule has 1 saturated carbocycles. The lowest BCUT2D eigenvalue weighted by Crippen LogP contribution is -2.24. The van der Waals surface area contributed by atoms with Crippen molar-refractivity contribution in [3.8, 4) is 0 Å². The fourth-order valence-electron chi connectivity index (χ4n) is 5.03. The molecule has 6 nitrogen and oxygen atoms in total. The van der Waals surface area contributed by atoms with Crippen molar-refractivity contribution < 1.29 is 19.2 Å². The molecule has 0 saturated heterocycles. The summed E-state index contributed by atoms with van der Waals surface area (Å²) < 4.78 is 7.84. The van der Waals surface area contributed by atoms with Crippen molar-refractivity contribution in [2.75, 3.05) is 27.2 Å². The van der Waals surface area contributed by atoms with E-state index in [1.54, 1.807) is 13.2 Å². The summed E-state index contributed by atoms with van der Waals surface area (Å²) in [6.07, 6.45) is 27.2. The van der Waals surface area contributed by atoms with E-state index in [0.29, 0.717) is 0 Å². The zero-order valence-corrected chi connectivity index (χ0v) is 30.3. The number of nitrogens with one attached hydrogen (secondary N) is 1. The van der Waals surface area contributed by atoms with E-state index in [9.17, 15) is 4.79 Å². The third-order valence-corrected chi connectivity index (χ3v) is 7.75. The van der Waals surface area contributed by atoms with Crippen LogP contribution in [0.5, 0.6) is 0 Å². The lowest BCUT2D eigenvalue weighted by molar-refractivity contribution is -0.492. The molecule has 2 aliphatic rings. The number of carbonyl (C=O) groups is 1. The van der Waals surface area contributed by atoms with Gasteiger partial charge in [0.2, 0.25) is 0 Å². The summed E-state index contributed by atoms with van der Waals surface area (Å²) in [6.45, 7) is 23.8. The van der Waals surface area contributed by atoms with Crippen molar-refractivity contribution in [2.45, 2.75) is 93.4 Å². The number of hydrogen-bond acceptors (Lipinski definition) is 4. The molecule has 0 atom stereocenters. The number of allylic oxidation sites excluding steroid dienone is 13. The third kappa shape index (κ3) is 16.4. The molecule has 0 aromatic rings. The average molecular weight is 633 g/mol. The van der Waals surface area contributed by atoms with Crippen molar-refractivity contribution in [2.24, 2.45) is 10.9 Å². The van der Waals surface area contributed by atoms with E-state index in [2.05, 4.69) is 80.3 Å². The Balaban J connectivity index is 0.00000155. The van der Waals surface area contributed by atoms with Crippen molar-refractivity contribution in [3.05, 3.63) is 107 Å². The van der Waals surface area contributed by atoms with Gasteiger partial charge in [0, 0.05) is 24.8 Å². The highest BCUT2D eigenvalue weighted by Gasteiger charge is 2.19. The van der Waals surface area contributed by atoms with Crippen LogP contribution in [-0.4, -0.2) is 55.3 Å². The first kappa shape index (κ1) is 42.1. The molecule has 0 amide bonds. The molecule has 254 valence electrons. The number of carboxylic acid groups (broad SMARTS) is 1. The van der Waals surface area contributed by atoms with E-state index in [1.165, 1.54) is 23.1 Å². The van der Waals surface area contributed by atoms with E-state index in [0.717, 1.165) is 79.9 Å². The summed E-state index contributed by atoms with van der Waals surface area (Å²) in [5.41, 5.74) is 7.11. The maximum absolute atomic E-state index is 10.4. The first-order valence-corrected chi connectivity index (χ1v) is 16.8. The average Bonchev–Trinajstić information content (AvgIpc) is 3.07.